The molecule has 6 heteroatoms. The van der Waals surface area contributed by atoms with E-state index >= 15 is 0 Å². The van der Waals surface area contributed by atoms with Gasteiger partial charge < -0.3 is 9.47 Å². The molecule has 1 aliphatic carbocycles. The van der Waals surface area contributed by atoms with E-state index in [-0.39, 0.29) is 33.7 Å². The Hall–Kier alpha value is 0.600. The molecule has 0 bridgehead atoms. The highest BCUT2D eigenvalue weighted by Gasteiger charge is 2.38. The summed E-state index contributed by atoms with van der Waals surface area (Å²) >= 11 is 2.19. The van der Waals surface area contributed by atoms with Gasteiger partial charge in [0.25, 0.3) is 0 Å². The van der Waals surface area contributed by atoms with Gasteiger partial charge in [-0.3, -0.25) is 0 Å². The summed E-state index contributed by atoms with van der Waals surface area (Å²) in [7, 11) is -1.15. The highest BCUT2D eigenvalue weighted by Crippen LogP contribution is 2.29. The van der Waals surface area contributed by atoms with Gasteiger partial charge in [-0.1, -0.05) is 22.6 Å². The van der Waals surface area contributed by atoms with Crippen molar-refractivity contribution in [2.45, 2.75) is 47.9 Å². The summed E-state index contributed by atoms with van der Waals surface area (Å²) in [5.41, 5.74) is 0. The first-order valence-electron chi connectivity index (χ1n) is 6.03. The van der Waals surface area contributed by atoms with Crippen molar-refractivity contribution in [2.75, 3.05) is 18.6 Å². The topological polar surface area (TPSA) is 52.6 Å². The summed E-state index contributed by atoms with van der Waals surface area (Å²) in [6.45, 7) is 0. The monoisotopic (exact) mass is 374 g/mol. The van der Waals surface area contributed by atoms with Crippen molar-refractivity contribution in [3.8, 4) is 0 Å². The molecule has 4 unspecified atom stereocenters. The van der Waals surface area contributed by atoms with Gasteiger partial charge in [0.2, 0.25) is 0 Å². The maximum absolute atomic E-state index is 11.5. The molecule has 1 saturated carbocycles. The maximum Gasteiger partial charge on any atom is 0.154 e. The molecular formula is C11H19IO4S. The average Bonchev–Trinajstić information content (AvgIpc) is 2.52. The molecule has 0 aromatic rings. The van der Waals surface area contributed by atoms with E-state index in [0.29, 0.717) is 0 Å². The maximum atomic E-state index is 11.5. The second-order valence-electron chi connectivity index (χ2n) is 4.91. The van der Waals surface area contributed by atoms with Crippen LogP contribution in [0.2, 0.25) is 0 Å². The van der Waals surface area contributed by atoms with E-state index in [1.165, 1.54) is 0 Å². The lowest BCUT2D eigenvalue weighted by Gasteiger charge is -2.30. The molecule has 0 radical (unpaired) electrons. The third-order valence-corrected chi connectivity index (χ3v) is 7.06. The fourth-order valence-electron chi connectivity index (χ4n) is 2.58. The number of sulfone groups is 1. The van der Waals surface area contributed by atoms with Crippen molar-refractivity contribution in [3.05, 3.63) is 0 Å². The average molecular weight is 374 g/mol. The second kappa shape index (κ2) is 5.71. The second-order valence-corrected chi connectivity index (χ2v) is 8.67. The minimum Gasteiger partial charge on any atom is -0.381 e. The number of alkyl halides is 1. The van der Waals surface area contributed by atoms with E-state index in [2.05, 4.69) is 22.6 Å². The number of rotatable bonds is 3. The van der Waals surface area contributed by atoms with Crippen molar-refractivity contribution in [1.82, 2.24) is 0 Å². The molecule has 0 N–H and O–H groups in total. The summed E-state index contributed by atoms with van der Waals surface area (Å²) in [6, 6.07) is 0. The highest BCUT2D eigenvalue weighted by atomic mass is 127. The molecule has 2 fully saturated rings. The fourth-order valence-corrected chi connectivity index (χ4v) is 6.64. The standard InChI is InChI=1S/C11H19IO4S/c1-15-8-3-2-4-9(5-8)16-11-7-17(13,14)6-10(11)12/h8-11H,2-7H2,1H3. The third-order valence-electron chi connectivity index (χ3n) is 3.51. The Kier molecular flexibility index (Phi) is 4.71. The van der Waals surface area contributed by atoms with Crippen LogP contribution < -0.4 is 0 Å². The minimum atomic E-state index is -2.88. The Morgan fingerprint density at radius 2 is 1.88 bits per heavy atom. The zero-order valence-electron chi connectivity index (χ0n) is 9.97. The van der Waals surface area contributed by atoms with Crippen LogP contribution in [0, 0.1) is 0 Å². The van der Waals surface area contributed by atoms with Gasteiger partial charge in [-0.05, 0) is 25.7 Å². The van der Waals surface area contributed by atoms with E-state index in [9.17, 15) is 8.42 Å². The van der Waals surface area contributed by atoms with Crippen LogP contribution in [0.25, 0.3) is 0 Å². The van der Waals surface area contributed by atoms with Crippen LogP contribution in [-0.4, -0.2) is 49.3 Å². The van der Waals surface area contributed by atoms with Gasteiger partial charge in [-0.25, -0.2) is 8.42 Å². The van der Waals surface area contributed by atoms with Crippen LogP contribution in [0.1, 0.15) is 25.7 Å². The van der Waals surface area contributed by atoms with Gasteiger partial charge >= 0.3 is 0 Å². The molecule has 1 saturated heterocycles. The van der Waals surface area contributed by atoms with E-state index in [0.717, 1.165) is 25.7 Å². The predicted molar refractivity (Wildman–Crippen MR) is 74.4 cm³/mol. The fraction of sp³-hybridized carbons (Fsp3) is 1.00. The molecule has 0 aromatic heterocycles. The molecule has 0 spiro atoms. The molecule has 2 rings (SSSR count). The van der Waals surface area contributed by atoms with E-state index in [1.54, 1.807) is 7.11 Å². The van der Waals surface area contributed by atoms with E-state index in [1.807, 2.05) is 0 Å². The van der Waals surface area contributed by atoms with Crippen molar-refractivity contribution in [2.24, 2.45) is 0 Å². The van der Waals surface area contributed by atoms with Gasteiger partial charge in [-0.2, -0.15) is 0 Å². The first kappa shape index (κ1) is 14.0. The summed E-state index contributed by atoms with van der Waals surface area (Å²) in [5.74, 6) is 0.452. The molecule has 1 aliphatic heterocycles. The van der Waals surface area contributed by atoms with Gasteiger partial charge in [-0.15, -0.1) is 0 Å². The van der Waals surface area contributed by atoms with Crippen LogP contribution >= 0.6 is 22.6 Å². The van der Waals surface area contributed by atoms with Crippen molar-refractivity contribution in [3.63, 3.8) is 0 Å². The van der Waals surface area contributed by atoms with Crippen LogP contribution in [0.3, 0.4) is 0 Å². The predicted octanol–water partition coefficient (Wildman–Crippen LogP) is 1.56. The summed E-state index contributed by atoms with van der Waals surface area (Å²) in [4.78, 5) is 0. The number of halogens is 1. The molecule has 4 nitrogen and oxygen atoms in total. The normalized spacial score (nSPS) is 41.5. The summed E-state index contributed by atoms with van der Waals surface area (Å²) in [5, 5.41) is 0. The Balaban J connectivity index is 1.89. The number of hydrogen-bond acceptors (Lipinski definition) is 4. The number of ether oxygens (including phenoxy) is 2. The molecule has 100 valence electrons. The largest absolute Gasteiger partial charge is 0.381 e. The Bertz CT molecular complexity index is 356. The lowest BCUT2D eigenvalue weighted by atomic mass is 9.95. The molecular weight excluding hydrogens is 355 g/mol. The Morgan fingerprint density at radius 1 is 1.18 bits per heavy atom. The molecule has 1 heterocycles. The van der Waals surface area contributed by atoms with Crippen molar-refractivity contribution < 1.29 is 17.9 Å². The SMILES string of the molecule is COC1CCCC(OC2CS(=O)(=O)CC2I)C1. The Morgan fingerprint density at radius 3 is 2.47 bits per heavy atom. The van der Waals surface area contributed by atoms with E-state index < -0.39 is 9.84 Å². The molecule has 0 amide bonds. The molecule has 0 aromatic carbocycles. The van der Waals surface area contributed by atoms with Crippen LogP contribution in [0.5, 0.6) is 0 Å². The lowest BCUT2D eigenvalue weighted by Crippen LogP contribution is -2.34. The lowest BCUT2D eigenvalue weighted by molar-refractivity contribution is -0.0537. The van der Waals surface area contributed by atoms with Gasteiger partial charge in [0.05, 0.1) is 33.7 Å². The third kappa shape index (κ3) is 3.78. The summed E-state index contributed by atoms with van der Waals surface area (Å²) in [6.07, 6.45) is 4.45. The quantitative estimate of drug-likeness (QED) is 0.556. The van der Waals surface area contributed by atoms with Crippen molar-refractivity contribution >= 4 is 32.4 Å². The molecule has 17 heavy (non-hydrogen) atoms. The van der Waals surface area contributed by atoms with Crippen LogP contribution in [-0.2, 0) is 19.3 Å². The molecule has 2 aliphatic rings. The number of methoxy groups -OCH3 is 1. The van der Waals surface area contributed by atoms with Crippen LogP contribution in [0.4, 0.5) is 0 Å². The number of hydrogen-bond donors (Lipinski definition) is 0. The van der Waals surface area contributed by atoms with Crippen molar-refractivity contribution in [1.29, 1.82) is 0 Å². The van der Waals surface area contributed by atoms with Gasteiger partial charge in [0.15, 0.2) is 9.84 Å². The highest BCUT2D eigenvalue weighted by molar-refractivity contribution is 14.1. The zero-order valence-corrected chi connectivity index (χ0v) is 12.9. The minimum absolute atomic E-state index is 0.0977. The van der Waals surface area contributed by atoms with Crippen LogP contribution in [0.15, 0.2) is 0 Å². The van der Waals surface area contributed by atoms with Gasteiger partial charge in [0.1, 0.15) is 0 Å². The summed E-state index contributed by atoms with van der Waals surface area (Å²) < 4.78 is 34.4. The first-order chi connectivity index (χ1) is 8.00. The molecule has 4 atom stereocenters. The Labute approximate surface area is 116 Å². The zero-order chi connectivity index (χ0) is 12.5. The van der Waals surface area contributed by atoms with Gasteiger partial charge in [0, 0.05) is 7.11 Å². The smallest absolute Gasteiger partial charge is 0.154 e. The first-order valence-corrected chi connectivity index (χ1v) is 9.09. The van der Waals surface area contributed by atoms with E-state index in [4.69, 9.17) is 9.47 Å².